The summed E-state index contributed by atoms with van der Waals surface area (Å²) in [7, 11) is 0. The maximum Gasteiger partial charge on any atom is 0.380 e. The number of fused-ring (bicyclic) bond motifs is 7. The van der Waals surface area contributed by atoms with Gasteiger partial charge in [0.25, 0.3) is 0 Å². The van der Waals surface area contributed by atoms with Crippen LogP contribution in [0, 0.1) is 55.4 Å². The first-order valence-electron chi connectivity index (χ1n) is 19.9. The third-order valence-corrected chi connectivity index (χ3v) is 12.4. The molecule has 3 aromatic heterocycles. The van der Waals surface area contributed by atoms with Crippen LogP contribution in [0.4, 0.5) is 26.3 Å². The van der Waals surface area contributed by atoms with E-state index in [1.165, 1.54) is 24.3 Å². The van der Waals surface area contributed by atoms with E-state index in [1.54, 1.807) is 24.3 Å². The fourth-order valence-electron chi connectivity index (χ4n) is 10.1. The average Bonchev–Trinajstić information content (AvgIpc) is 3.87. The lowest BCUT2D eigenvalue weighted by Gasteiger charge is -2.24. The van der Waals surface area contributed by atoms with E-state index in [2.05, 4.69) is 57.7 Å². The quantitative estimate of drug-likeness (QED) is 0.162. The van der Waals surface area contributed by atoms with Crippen LogP contribution in [-0.2, 0) is 11.8 Å². The number of rotatable bonds is 4. The summed E-state index contributed by atoms with van der Waals surface area (Å²) in [5.41, 5.74) is 10.6. The number of hydrogen-bond donors (Lipinski definition) is 0. The topological polar surface area (TPSA) is 23.0 Å². The molecule has 1 aliphatic carbocycles. The monoisotopic (exact) mass is 810 g/mol. The molecule has 1 aliphatic rings. The first-order chi connectivity index (χ1) is 28.3. The highest BCUT2D eigenvalue weighted by atomic mass is 19.3. The van der Waals surface area contributed by atoms with Gasteiger partial charge in [-0.15, -0.1) is 0 Å². The molecule has 0 unspecified atom stereocenters. The molecule has 9 heteroatoms. The van der Waals surface area contributed by atoms with E-state index in [9.17, 15) is 0 Å². The van der Waals surface area contributed by atoms with Crippen LogP contribution in [0.25, 0.3) is 77.6 Å². The van der Waals surface area contributed by atoms with Crippen LogP contribution >= 0.6 is 0 Å². The van der Waals surface area contributed by atoms with Gasteiger partial charge in [0.05, 0.1) is 33.2 Å². The maximum absolute atomic E-state index is 15.9. The lowest BCUT2D eigenvalue weighted by Crippen LogP contribution is -2.43. The fraction of sp³-hybridized carbons (Fsp3) is 0.216. The van der Waals surface area contributed by atoms with Crippen molar-refractivity contribution in [2.24, 2.45) is 0 Å². The first-order valence-corrected chi connectivity index (χ1v) is 19.9. The molecule has 6 aromatic carbocycles. The van der Waals surface area contributed by atoms with Crippen molar-refractivity contribution < 1.29 is 30.8 Å². The maximum atomic E-state index is 15.9. The Morgan fingerprint density at radius 1 is 0.383 bits per heavy atom. The summed E-state index contributed by atoms with van der Waals surface area (Å²) in [6.07, 6.45) is 0. The Kier molecular flexibility index (Phi) is 7.86. The largest absolute Gasteiger partial charge is 0.455 e. The number of aromatic nitrogens is 2. The Balaban J connectivity index is 1.14. The van der Waals surface area contributed by atoms with Crippen LogP contribution in [0.3, 0.4) is 0 Å². The standard InChI is InChI=1S/C51H40F6N2O/c1-25-17-29(5)43-37(21-25)38-22-26(2)18-30(6)44(38)58(43)35-13-9-33(10-14-35)47-41-42(50(54,55)51(56,57)49(41,52)53)48(60-47)34-11-15-36(16-12-34)59-45-31(7)19-27(3)23-39(45)40-24-28(4)20-32(8)46(40)59/h9-24H,1-8H3. The summed E-state index contributed by atoms with van der Waals surface area (Å²) < 4.78 is 104. The second kappa shape index (κ2) is 12.4. The molecule has 0 amide bonds. The smallest absolute Gasteiger partial charge is 0.380 e. The lowest BCUT2D eigenvalue weighted by atomic mass is 10.0. The van der Waals surface area contributed by atoms with Crippen LogP contribution in [0.15, 0.2) is 101 Å². The van der Waals surface area contributed by atoms with Crippen LogP contribution in [0.5, 0.6) is 0 Å². The highest BCUT2D eigenvalue weighted by molar-refractivity contribution is 6.13. The van der Waals surface area contributed by atoms with Crippen molar-refractivity contribution in [2.75, 3.05) is 0 Å². The van der Waals surface area contributed by atoms with Crippen LogP contribution in [-0.4, -0.2) is 15.1 Å². The van der Waals surface area contributed by atoms with Crippen molar-refractivity contribution >= 4 is 43.6 Å². The van der Waals surface area contributed by atoms with Crippen LogP contribution < -0.4 is 0 Å². The number of furan rings is 1. The molecule has 0 atom stereocenters. The van der Waals surface area contributed by atoms with Gasteiger partial charge in [-0.25, -0.2) is 0 Å². The molecule has 10 rings (SSSR count). The zero-order valence-corrected chi connectivity index (χ0v) is 34.3. The van der Waals surface area contributed by atoms with E-state index in [-0.39, 0.29) is 11.1 Å². The second-order valence-electron chi connectivity index (χ2n) is 16.9. The zero-order chi connectivity index (χ0) is 42.5. The number of benzene rings is 6. The summed E-state index contributed by atoms with van der Waals surface area (Å²) >= 11 is 0. The zero-order valence-electron chi connectivity index (χ0n) is 34.3. The van der Waals surface area contributed by atoms with E-state index >= 15 is 26.3 Å². The van der Waals surface area contributed by atoms with Crippen molar-refractivity contribution in [1.29, 1.82) is 0 Å². The molecule has 0 N–H and O–H groups in total. The minimum Gasteiger partial charge on any atom is -0.455 e. The molecule has 0 saturated heterocycles. The van der Waals surface area contributed by atoms with E-state index in [1.807, 2.05) is 55.4 Å². The molecular weight excluding hydrogens is 771 g/mol. The number of aryl methyl sites for hydroxylation is 8. The molecule has 3 nitrogen and oxygen atoms in total. The minimum absolute atomic E-state index is 0.0336. The molecular formula is C51H40F6N2O. The van der Waals surface area contributed by atoms with Crippen molar-refractivity contribution in [2.45, 2.75) is 73.2 Å². The normalized spacial score (nSPS) is 15.6. The average molecular weight is 811 g/mol. The van der Waals surface area contributed by atoms with Crippen molar-refractivity contribution in [3.63, 3.8) is 0 Å². The molecule has 3 heterocycles. The molecule has 0 aliphatic heterocycles. The van der Waals surface area contributed by atoms with Gasteiger partial charge in [-0.2, -0.15) is 26.3 Å². The number of hydrogen-bond acceptors (Lipinski definition) is 1. The SMILES string of the molecule is Cc1cc(C)c2c(c1)c1cc(C)cc(C)c1n2-c1ccc(-c2oc(-c3ccc(-n4c5c(C)cc(C)cc5c5cc(C)cc(C)c54)cc3)c3c2C(F)(F)C(F)(F)C3(F)F)cc1. The van der Waals surface area contributed by atoms with Gasteiger partial charge in [0, 0.05) is 44.0 Å². The highest BCUT2D eigenvalue weighted by Gasteiger charge is 2.81. The minimum atomic E-state index is -5.70. The van der Waals surface area contributed by atoms with Gasteiger partial charge >= 0.3 is 17.8 Å². The lowest BCUT2D eigenvalue weighted by molar-refractivity contribution is -0.302. The fourth-order valence-corrected chi connectivity index (χ4v) is 10.1. The van der Waals surface area contributed by atoms with Crippen molar-refractivity contribution in [3.8, 4) is 34.0 Å². The van der Waals surface area contributed by atoms with E-state index < -0.39 is 40.4 Å². The second-order valence-corrected chi connectivity index (χ2v) is 16.9. The Morgan fingerprint density at radius 3 is 0.917 bits per heavy atom. The predicted octanol–water partition coefficient (Wildman–Crippen LogP) is 15.1. The van der Waals surface area contributed by atoms with Gasteiger partial charge < -0.3 is 13.6 Å². The molecule has 0 fully saturated rings. The summed E-state index contributed by atoms with van der Waals surface area (Å²) in [5.74, 6) is -17.6. The van der Waals surface area contributed by atoms with Crippen LogP contribution in [0.1, 0.15) is 55.6 Å². The van der Waals surface area contributed by atoms with Gasteiger partial charge in [-0.1, -0.05) is 46.5 Å². The predicted molar refractivity (Wildman–Crippen MR) is 229 cm³/mol. The van der Waals surface area contributed by atoms with Gasteiger partial charge in [-0.3, -0.25) is 0 Å². The Bertz CT molecular complexity index is 2960. The number of halogens is 6. The van der Waals surface area contributed by atoms with Crippen molar-refractivity contribution in [1.82, 2.24) is 9.13 Å². The molecule has 0 bridgehead atoms. The van der Waals surface area contributed by atoms with Gasteiger partial charge in [-0.05, 0) is 150 Å². The number of nitrogens with zero attached hydrogens (tertiary/aromatic N) is 2. The third-order valence-electron chi connectivity index (χ3n) is 12.4. The molecule has 302 valence electrons. The van der Waals surface area contributed by atoms with Crippen molar-refractivity contribution in [3.05, 3.63) is 153 Å². The first kappa shape index (κ1) is 38.0. The molecule has 60 heavy (non-hydrogen) atoms. The molecule has 0 saturated carbocycles. The Labute approximate surface area is 342 Å². The van der Waals surface area contributed by atoms with Gasteiger partial charge in [0.2, 0.25) is 0 Å². The molecule has 0 radical (unpaired) electrons. The van der Waals surface area contributed by atoms with E-state index in [0.717, 1.165) is 88.1 Å². The number of alkyl halides is 6. The van der Waals surface area contributed by atoms with Crippen LogP contribution in [0.2, 0.25) is 0 Å². The molecule has 9 aromatic rings. The summed E-state index contributed by atoms with van der Waals surface area (Å²) in [5, 5.41) is 4.21. The summed E-state index contributed by atoms with van der Waals surface area (Å²) in [6.45, 7) is 16.2. The van der Waals surface area contributed by atoms with E-state index in [0.29, 0.717) is 11.4 Å². The molecule has 0 spiro atoms. The third kappa shape index (κ3) is 4.98. The highest BCUT2D eigenvalue weighted by Crippen LogP contribution is 2.67. The Hall–Kier alpha value is -6.22. The summed E-state index contributed by atoms with van der Waals surface area (Å²) in [4.78, 5) is 0. The van der Waals surface area contributed by atoms with Gasteiger partial charge in [0.1, 0.15) is 11.5 Å². The summed E-state index contributed by atoms with van der Waals surface area (Å²) in [6, 6.07) is 29.4. The van der Waals surface area contributed by atoms with Gasteiger partial charge in [0.15, 0.2) is 0 Å². The van der Waals surface area contributed by atoms with E-state index in [4.69, 9.17) is 4.42 Å². The Morgan fingerprint density at radius 2 is 0.650 bits per heavy atom.